The number of aromatic nitrogens is 3. The van der Waals surface area contributed by atoms with Crippen molar-refractivity contribution in [2.75, 3.05) is 19.6 Å². The van der Waals surface area contributed by atoms with Gasteiger partial charge in [0.05, 0.1) is 11.7 Å². The maximum Gasteiger partial charge on any atom is 0.226 e. The number of carbonyl (C=O) groups excluding carboxylic acids is 1. The molecule has 0 unspecified atom stereocenters. The molecule has 1 amide bonds. The first-order valence-electron chi connectivity index (χ1n) is 11.1. The van der Waals surface area contributed by atoms with Gasteiger partial charge >= 0.3 is 0 Å². The van der Waals surface area contributed by atoms with Gasteiger partial charge in [0.1, 0.15) is 0 Å². The summed E-state index contributed by atoms with van der Waals surface area (Å²) >= 11 is 0. The van der Waals surface area contributed by atoms with Crippen molar-refractivity contribution >= 4 is 16.9 Å². The third kappa shape index (κ3) is 2.93. The average molecular weight is 402 g/mol. The SMILES string of the molecule is O=C(C1CCC1)N1C[C@@H]2CN(Cc3[nH]nc4ncccc34)C[C@@H]2[C@@H]1c1ccccc1. The van der Waals surface area contributed by atoms with E-state index in [9.17, 15) is 4.79 Å². The lowest BCUT2D eigenvalue weighted by Gasteiger charge is -2.35. The fourth-order valence-corrected chi connectivity index (χ4v) is 5.71. The minimum atomic E-state index is 0.203. The molecule has 154 valence electrons. The van der Waals surface area contributed by atoms with Crippen LogP contribution in [0.1, 0.15) is 36.6 Å². The number of benzene rings is 1. The van der Waals surface area contributed by atoms with Gasteiger partial charge in [0.25, 0.3) is 0 Å². The number of nitrogens with one attached hydrogen (secondary N) is 1. The summed E-state index contributed by atoms with van der Waals surface area (Å²) in [6, 6.07) is 14.9. The van der Waals surface area contributed by atoms with Crippen LogP contribution in [0, 0.1) is 17.8 Å². The maximum absolute atomic E-state index is 13.2. The topological polar surface area (TPSA) is 65.1 Å². The number of nitrogens with zero attached hydrogens (tertiary/aromatic N) is 4. The van der Waals surface area contributed by atoms with E-state index in [1.807, 2.05) is 6.07 Å². The first-order valence-corrected chi connectivity index (χ1v) is 11.1. The molecule has 30 heavy (non-hydrogen) atoms. The Morgan fingerprint density at radius 2 is 1.93 bits per heavy atom. The molecule has 3 aliphatic rings. The third-order valence-electron chi connectivity index (χ3n) is 7.41. The van der Waals surface area contributed by atoms with E-state index in [1.54, 1.807) is 6.20 Å². The Morgan fingerprint density at radius 3 is 2.73 bits per heavy atom. The van der Waals surface area contributed by atoms with Crippen LogP contribution in [0.4, 0.5) is 0 Å². The average Bonchev–Trinajstić information content (AvgIpc) is 3.40. The van der Waals surface area contributed by atoms with Gasteiger partial charge < -0.3 is 4.90 Å². The van der Waals surface area contributed by atoms with Crippen molar-refractivity contribution in [1.82, 2.24) is 25.0 Å². The first kappa shape index (κ1) is 18.1. The zero-order valence-corrected chi connectivity index (χ0v) is 17.1. The van der Waals surface area contributed by atoms with Crippen LogP contribution in [0.5, 0.6) is 0 Å². The zero-order valence-electron chi connectivity index (χ0n) is 17.1. The summed E-state index contributed by atoms with van der Waals surface area (Å²) < 4.78 is 0. The summed E-state index contributed by atoms with van der Waals surface area (Å²) in [4.78, 5) is 22.3. The van der Waals surface area contributed by atoms with Crippen molar-refractivity contribution < 1.29 is 4.79 Å². The van der Waals surface area contributed by atoms with Crippen LogP contribution in [0.15, 0.2) is 48.7 Å². The monoisotopic (exact) mass is 401 g/mol. The zero-order chi connectivity index (χ0) is 20.1. The number of rotatable bonds is 4. The highest BCUT2D eigenvalue weighted by Crippen LogP contribution is 2.47. The van der Waals surface area contributed by atoms with E-state index in [4.69, 9.17) is 0 Å². The van der Waals surface area contributed by atoms with E-state index < -0.39 is 0 Å². The van der Waals surface area contributed by atoms with Gasteiger partial charge in [-0.25, -0.2) is 4.98 Å². The number of likely N-dealkylation sites (tertiary alicyclic amines) is 2. The molecule has 6 heteroatoms. The largest absolute Gasteiger partial charge is 0.335 e. The molecular weight excluding hydrogens is 374 g/mol. The van der Waals surface area contributed by atoms with Crippen molar-refractivity contribution in [3.63, 3.8) is 0 Å². The molecule has 0 spiro atoms. The Kier molecular flexibility index (Phi) is 4.34. The molecule has 2 aromatic heterocycles. The molecule has 1 N–H and O–H groups in total. The molecule has 4 heterocycles. The van der Waals surface area contributed by atoms with Crippen LogP contribution in [-0.2, 0) is 11.3 Å². The molecule has 3 fully saturated rings. The molecule has 1 aliphatic carbocycles. The number of H-pyrrole nitrogens is 1. The summed E-state index contributed by atoms with van der Waals surface area (Å²) in [5, 5.41) is 8.65. The second kappa shape index (κ2) is 7.20. The molecule has 2 aliphatic heterocycles. The van der Waals surface area contributed by atoms with Crippen molar-refractivity contribution in [3.8, 4) is 0 Å². The van der Waals surface area contributed by atoms with E-state index >= 15 is 0 Å². The third-order valence-corrected chi connectivity index (χ3v) is 7.41. The molecule has 0 radical (unpaired) electrons. The van der Waals surface area contributed by atoms with Gasteiger partial charge in [-0.1, -0.05) is 36.8 Å². The van der Waals surface area contributed by atoms with Crippen LogP contribution in [0.3, 0.4) is 0 Å². The summed E-state index contributed by atoms with van der Waals surface area (Å²) in [6.45, 7) is 3.79. The highest BCUT2D eigenvalue weighted by molar-refractivity contribution is 5.80. The fourth-order valence-electron chi connectivity index (χ4n) is 5.71. The number of fused-ring (bicyclic) bond motifs is 2. The minimum absolute atomic E-state index is 0.203. The van der Waals surface area contributed by atoms with Crippen molar-refractivity contribution in [2.45, 2.75) is 31.8 Å². The van der Waals surface area contributed by atoms with Crippen molar-refractivity contribution in [2.24, 2.45) is 17.8 Å². The number of carbonyl (C=O) groups is 1. The predicted octanol–water partition coefficient (Wildman–Crippen LogP) is 3.39. The number of hydrogen-bond acceptors (Lipinski definition) is 4. The summed E-state index contributed by atoms with van der Waals surface area (Å²) in [6.07, 6.45) is 5.12. The molecule has 3 aromatic rings. The number of hydrogen-bond donors (Lipinski definition) is 1. The summed E-state index contributed by atoms with van der Waals surface area (Å²) in [5.41, 5.74) is 3.21. The van der Waals surface area contributed by atoms with Crippen molar-refractivity contribution in [3.05, 3.63) is 59.9 Å². The van der Waals surface area contributed by atoms with Gasteiger partial charge in [-0.2, -0.15) is 5.10 Å². The summed E-state index contributed by atoms with van der Waals surface area (Å²) in [5.74, 6) is 1.67. The molecule has 3 atom stereocenters. The highest BCUT2D eigenvalue weighted by atomic mass is 16.2. The van der Waals surface area contributed by atoms with Gasteiger partial charge in [0.2, 0.25) is 5.91 Å². The Hall–Kier alpha value is -2.73. The normalized spacial score (nSPS) is 26.8. The van der Waals surface area contributed by atoms with Gasteiger partial charge in [-0.3, -0.25) is 14.8 Å². The molecule has 6 nitrogen and oxygen atoms in total. The molecule has 1 saturated carbocycles. The number of pyridine rings is 1. The molecule has 6 rings (SSSR count). The van der Waals surface area contributed by atoms with E-state index in [-0.39, 0.29) is 12.0 Å². The van der Waals surface area contributed by atoms with Crippen LogP contribution >= 0.6 is 0 Å². The van der Waals surface area contributed by atoms with Gasteiger partial charge in [0, 0.05) is 49.6 Å². The van der Waals surface area contributed by atoms with E-state index in [0.29, 0.717) is 17.7 Å². The lowest BCUT2D eigenvalue weighted by molar-refractivity contribution is -0.139. The van der Waals surface area contributed by atoms with E-state index in [2.05, 4.69) is 61.4 Å². The Balaban J connectivity index is 1.25. The quantitative estimate of drug-likeness (QED) is 0.728. The number of amides is 1. The highest BCUT2D eigenvalue weighted by Gasteiger charge is 2.50. The van der Waals surface area contributed by atoms with Crippen LogP contribution < -0.4 is 0 Å². The summed E-state index contributed by atoms with van der Waals surface area (Å²) in [7, 11) is 0. The van der Waals surface area contributed by atoms with Gasteiger partial charge in [0.15, 0.2) is 5.65 Å². The lowest BCUT2D eigenvalue weighted by atomic mass is 9.83. The van der Waals surface area contributed by atoms with Crippen molar-refractivity contribution in [1.29, 1.82) is 0 Å². The van der Waals surface area contributed by atoms with Crippen LogP contribution in [-0.4, -0.2) is 50.5 Å². The molecule has 2 saturated heterocycles. The Bertz CT molecular complexity index is 1060. The lowest BCUT2D eigenvalue weighted by Crippen LogP contribution is -2.41. The smallest absolute Gasteiger partial charge is 0.226 e. The molecular formula is C24H27N5O. The fraction of sp³-hybridized carbons (Fsp3) is 0.458. The molecule has 0 bridgehead atoms. The first-order chi connectivity index (χ1) is 14.8. The molecule has 1 aromatic carbocycles. The van der Waals surface area contributed by atoms with Gasteiger partial charge in [-0.15, -0.1) is 0 Å². The van der Waals surface area contributed by atoms with Crippen LogP contribution in [0.25, 0.3) is 11.0 Å². The Morgan fingerprint density at radius 1 is 1.07 bits per heavy atom. The second-order valence-corrected chi connectivity index (χ2v) is 9.17. The van der Waals surface area contributed by atoms with Crippen LogP contribution in [0.2, 0.25) is 0 Å². The predicted molar refractivity (Wildman–Crippen MR) is 114 cm³/mol. The number of aromatic amines is 1. The van der Waals surface area contributed by atoms with Gasteiger partial charge in [-0.05, 0) is 36.5 Å². The minimum Gasteiger partial charge on any atom is -0.335 e. The standard InChI is InChI=1S/C24H27N5O/c30-24(17-8-4-9-17)29-13-18-12-28(14-20(18)22(29)16-6-2-1-3-7-16)15-21-19-10-5-11-25-23(19)27-26-21/h1-3,5-7,10-11,17-18,20,22H,4,8-9,12-15H2,(H,25,26,27)/t18-,20-,22-/m0/s1. The Labute approximate surface area is 176 Å². The second-order valence-electron chi connectivity index (χ2n) is 9.17. The maximum atomic E-state index is 13.2. The van der Waals surface area contributed by atoms with E-state index in [1.165, 1.54) is 12.0 Å². The van der Waals surface area contributed by atoms with E-state index in [0.717, 1.165) is 55.7 Å².